The van der Waals surface area contributed by atoms with Crippen molar-refractivity contribution in [2.45, 2.75) is 11.3 Å². The first-order valence-corrected chi connectivity index (χ1v) is 6.24. The molecule has 0 saturated heterocycles. The third kappa shape index (κ3) is 3.24. The smallest absolute Gasteiger partial charge is 0.337 e. The molecular weight excluding hydrogens is 249 g/mol. The van der Waals surface area contributed by atoms with Crippen molar-refractivity contribution < 1.29 is 22.3 Å². The van der Waals surface area contributed by atoms with E-state index in [1.54, 1.807) is 0 Å². The Kier molecular flexibility index (Phi) is 4.19. The van der Waals surface area contributed by atoms with E-state index in [-0.39, 0.29) is 22.4 Å². The van der Waals surface area contributed by atoms with Crippen LogP contribution >= 0.6 is 0 Å². The van der Waals surface area contributed by atoms with Gasteiger partial charge in [0.25, 0.3) is 0 Å². The molecule has 94 valence electrons. The van der Waals surface area contributed by atoms with E-state index in [0.29, 0.717) is 0 Å². The van der Waals surface area contributed by atoms with Crippen LogP contribution in [0.15, 0.2) is 23.1 Å². The minimum atomic E-state index is -3.92. The van der Waals surface area contributed by atoms with Crippen LogP contribution in [0, 0.1) is 0 Å². The van der Waals surface area contributed by atoms with Gasteiger partial charge in [-0.05, 0) is 23.8 Å². The van der Waals surface area contributed by atoms with Gasteiger partial charge < -0.3 is 4.74 Å². The number of hydrogen-bond donors (Lipinski definition) is 1. The summed E-state index contributed by atoms with van der Waals surface area (Å²) in [6.45, 7) is -0.743. The number of carbonyl (C=O) groups excluding carboxylic acids is 1. The summed E-state index contributed by atoms with van der Waals surface area (Å²) < 4.78 is 39.2. The number of rotatable bonds is 4. The Bertz CT molecular complexity index is 527. The monoisotopic (exact) mass is 261 g/mol. The van der Waals surface area contributed by atoms with Crippen molar-refractivity contribution in [2.24, 2.45) is 5.14 Å². The van der Waals surface area contributed by atoms with E-state index in [9.17, 15) is 17.6 Å². The lowest BCUT2D eigenvalue weighted by Crippen LogP contribution is -2.16. The number of primary sulfonamides is 1. The number of ether oxygens (including phenoxy) is 1. The highest BCUT2D eigenvalue weighted by molar-refractivity contribution is 7.89. The van der Waals surface area contributed by atoms with Gasteiger partial charge in [0.05, 0.1) is 24.2 Å². The van der Waals surface area contributed by atoms with Crippen molar-refractivity contribution in [1.29, 1.82) is 0 Å². The van der Waals surface area contributed by atoms with Crippen LogP contribution in [0.3, 0.4) is 0 Å². The van der Waals surface area contributed by atoms with Crippen LogP contribution in [0.4, 0.5) is 4.39 Å². The van der Waals surface area contributed by atoms with Crippen LogP contribution in [0.25, 0.3) is 0 Å². The zero-order valence-electron chi connectivity index (χ0n) is 9.14. The van der Waals surface area contributed by atoms with Gasteiger partial charge in [0.15, 0.2) is 0 Å². The molecule has 0 atom stereocenters. The normalized spacial score (nSPS) is 11.2. The Morgan fingerprint density at radius 2 is 2.12 bits per heavy atom. The fourth-order valence-corrected chi connectivity index (χ4v) is 2.18. The highest BCUT2D eigenvalue weighted by atomic mass is 32.2. The molecule has 0 spiro atoms. The third-order valence-corrected chi connectivity index (χ3v) is 3.16. The average Bonchev–Trinajstić information content (AvgIpc) is 2.27. The summed E-state index contributed by atoms with van der Waals surface area (Å²) in [6, 6.07) is 3.71. The number of nitrogens with two attached hydrogens (primary N) is 1. The summed E-state index contributed by atoms with van der Waals surface area (Å²) in [6.07, 6.45) is -0.128. The maximum atomic E-state index is 12.3. The summed E-state index contributed by atoms with van der Waals surface area (Å²) in [7, 11) is -2.72. The second-order valence-electron chi connectivity index (χ2n) is 3.30. The van der Waals surface area contributed by atoms with E-state index in [1.807, 2.05) is 0 Å². The number of methoxy groups -OCH3 is 1. The van der Waals surface area contributed by atoms with Gasteiger partial charge in [0.1, 0.15) is 0 Å². The van der Waals surface area contributed by atoms with E-state index >= 15 is 0 Å². The molecule has 0 saturated carbocycles. The lowest BCUT2D eigenvalue weighted by molar-refractivity contribution is 0.0600. The SMILES string of the molecule is COC(=O)c1ccc(S(N)(=O)=O)c(CCF)c1. The van der Waals surface area contributed by atoms with Crippen molar-refractivity contribution >= 4 is 16.0 Å². The van der Waals surface area contributed by atoms with Crippen LogP contribution in [0.1, 0.15) is 15.9 Å². The van der Waals surface area contributed by atoms with Crippen molar-refractivity contribution in [2.75, 3.05) is 13.8 Å². The molecule has 0 unspecified atom stereocenters. The number of esters is 1. The molecule has 0 bridgehead atoms. The summed E-state index contributed by atoms with van der Waals surface area (Å²) in [5, 5.41) is 4.98. The largest absolute Gasteiger partial charge is 0.465 e. The Balaban J connectivity index is 3.32. The van der Waals surface area contributed by atoms with Gasteiger partial charge in [-0.25, -0.2) is 18.4 Å². The predicted molar refractivity (Wildman–Crippen MR) is 58.8 cm³/mol. The molecule has 0 heterocycles. The first-order valence-electron chi connectivity index (χ1n) is 4.70. The Morgan fingerprint density at radius 3 is 2.59 bits per heavy atom. The molecule has 0 amide bonds. The molecule has 0 aromatic heterocycles. The van der Waals surface area contributed by atoms with Gasteiger partial charge in [0.2, 0.25) is 10.0 Å². The van der Waals surface area contributed by atoms with Crippen LogP contribution in [0.2, 0.25) is 0 Å². The number of carbonyl (C=O) groups is 1. The fraction of sp³-hybridized carbons (Fsp3) is 0.300. The first-order chi connectivity index (χ1) is 7.90. The van der Waals surface area contributed by atoms with Crippen LogP contribution in [-0.2, 0) is 21.2 Å². The molecule has 0 aliphatic heterocycles. The van der Waals surface area contributed by atoms with Gasteiger partial charge >= 0.3 is 5.97 Å². The van der Waals surface area contributed by atoms with E-state index in [4.69, 9.17) is 5.14 Å². The van der Waals surface area contributed by atoms with E-state index in [0.717, 1.165) is 0 Å². The van der Waals surface area contributed by atoms with Gasteiger partial charge in [-0.2, -0.15) is 0 Å². The number of halogens is 1. The molecule has 17 heavy (non-hydrogen) atoms. The molecule has 1 aromatic rings. The zero-order chi connectivity index (χ0) is 13.1. The van der Waals surface area contributed by atoms with E-state index in [1.165, 1.54) is 25.3 Å². The molecule has 0 radical (unpaired) electrons. The second-order valence-corrected chi connectivity index (χ2v) is 4.83. The molecule has 0 fully saturated rings. The Labute approximate surface area is 98.4 Å². The summed E-state index contributed by atoms with van der Waals surface area (Å²) >= 11 is 0. The van der Waals surface area contributed by atoms with Crippen molar-refractivity contribution in [3.8, 4) is 0 Å². The van der Waals surface area contributed by atoms with E-state index < -0.39 is 22.7 Å². The molecule has 0 aliphatic carbocycles. The molecule has 7 heteroatoms. The van der Waals surface area contributed by atoms with Gasteiger partial charge in [-0.3, -0.25) is 4.39 Å². The first kappa shape index (κ1) is 13.6. The van der Waals surface area contributed by atoms with Crippen molar-refractivity contribution in [3.05, 3.63) is 29.3 Å². The van der Waals surface area contributed by atoms with Crippen molar-refractivity contribution in [3.63, 3.8) is 0 Å². The standard InChI is InChI=1S/C10H12FNO4S/c1-16-10(13)8-2-3-9(17(12,14)15)7(6-8)4-5-11/h2-3,6H,4-5H2,1H3,(H2,12,14,15). The number of sulfonamides is 1. The molecular formula is C10H12FNO4S. The fourth-order valence-electron chi connectivity index (χ4n) is 1.40. The topological polar surface area (TPSA) is 86.5 Å². The Morgan fingerprint density at radius 1 is 1.47 bits per heavy atom. The van der Waals surface area contributed by atoms with Crippen molar-refractivity contribution in [1.82, 2.24) is 0 Å². The molecule has 0 aliphatic rings. The zero-order valence-corrected chi connectivity index (χ0v) is 9.96. The van der Waals surface area contributed by atoms with Crippen LogP contribution in [0.5, 0.6) is 0 Å². The molecule has 1 aromatic carbocycles. The molecule has 1 rings (SSSR count). The van der Waals surface area contributed by atoms with Gasteiger partial charge in [-0.1, -0.05) is 0 Å². The van der Waals surface area contributed by atoms with Gasteiger partial charge in [-0.15, -0.1) is 0 Å². The quantitative estimate of drug-likeness (QED) is 0.805. The maximum Gasteiger partial charge on any atom is 0.337 e. The number of benzene rings is 1. The van der Waals surface area contributed by atoms with Gasteiger partial charge in [0, 0.05) is 6.42 Å². The van der Waals surface area contributed by atoms with Crippen LogP contribution in [-0.4, -0.2) is 28.2 Å². The highest BCUT2D eigenvalue weighted by Gasteiger charge is 2.16. The second kappa shape index (κ2) is 5.24. The Hall–Kier alpha value is -1.47. The molecule has 2 N–H and O–H groups in total. The predicted octanol–water partition coefficient (Wildman–Crippen LogP) is 0.633. The number of hydrogen-bond acceptors (Lipinski definition) is 4. The maximum absolute atomic E-state index is 12.3. The van der Waals surface area contributed by atoms with Crippen LogP contribution < -0.4 is 5.14 Å². The minimum absolute atomic E-state index is 0.128. The highest BCUT2D eigenvalue weighted by Crippen LogP contribution is 2.17. The minimum Gasteiger partial charge on any atom is -0.465 e. The number of aryl methyl sites for hydroxylation is 1. The van der Waals surface area contributed by atoms with E-state index in [2.05, 4.69) is 4.74 Å². The summed E-state index contributed by atoms with van der Waals surface area (Å²) in [5.41, 5.74) is 0.321. The molecule has 5 nitrogen and oxygen atoms in total. The lowest BCUT2D eigenvalue weighted by atomic mass is 10.1. The lowest BCUT2D eigenvalue weighted by Gasteiger charge is -2.08. The average molecular weight is 261 g/mol. The summed E-state index contributed by atoms with van der Waals surface area (Å²) in [5.74, 6) is -0.619. The third-order valence-electron chi connectivity index (χ3n) is 2.15. The number of alkyl halides is 1. The summed E-state index contributed by atoms with van der Waals surface area (Å²) in [4.78, 5) is 11.1.